The lowest BCUT2D eigenvalue weighted by Gasteiger charge is -2.13. The Hall–Kier alpha value is -3.17. The second kappa shape index (κ2) is 7.73. The minimum Gasteiger partial charge on any atom is -0.449 e. The Morgan fingerprint density at radius 3 is 2.57 bits per heavy atom. The minimum absolute atomic E-state index is 0.117. The number of nitrogens with one attached hydrogen (secondary N) is 2. The van der Waals surface area contributed by atoms with Crippen LogP contribution in [0.2, 0.25) is 0 Å². The molecule has 10 heteroatoms. The number of nitro groups is 1. The van der Waals surface area contributed by atoms with Crippen LogP contribution in [0.15, 0.2) is 18.2 Å². The van der Waals surface area contributed by atoms with Crippen molar-refractivity contribution in [1.82, 2.24) is 10.6 Å². The summed E-state index contributed by atoms with van der Waals surface area (Å²) in [5.74, 6) is -1.75. The largest absolute Gasteiger partial charge is 0.449 e. The third-order valence-corrected chi connectivity index (χ3v) is 2.69. The maximum atomic E-state index is 11.9. The fourth-order valence-electron chi connectivity index (χ4n) is 1.55. The number of esters is 1. The Labute approximate surface area is 131 Å². The summed E-state index contributed by atoms with van der Waals surface area (Å²) in [5, 5.41) is 14.9. The zero-order chi connectivity index (χ0) is 17.6. The van der Waals surface area contributed by atoms with Gasteiger partial charge in [0.1, 0.15) is 0 Å². The highest BCUT2D eigenvalue weighted by atomic mass is 16.6. The van der Waals surface area contributed by atoms with Gasteiger partial charge in [0, 0.05) is 18.7 Å². The van der Waals surface area contributed by atoms with Gasteiger partial charge in [-0.05, 0) is 19.9 Å². The molecule has 0 heterocycles. The maximum Gasteiger partial charge on any atom is 0.341 e. The lowest BCUT2D eigenvalue weighted by Crippen LogP contribution is -2.44. The van der Waals surface area contributed by atoms with Crippen LogP contribution in [-0.2, 0) is 9.53 Å². The van der Waals surface area contributed by atoms with Crippen molar-refractivity contribution >= 4 is 29.3 Å². The predicted octanol–water partition coefficient (Wildman–Crippen LogP) is 0.568. The summed E-state index contributed by atoms with van der Waals surface area (Å²) in [6.45, 7) is 3.27. The molecule has 0 fully saturated rings. The molecule has 0 spiro atoms. The maximum absolute atomic E-state index is 11.9. The number of carbonyl (C=O) groups excluding carboxylic acids is 3. The first-order chi connectivity index (χ1) is 10.8. The number of nitrogen functional groups attached to an aromatic ring is 1. The van der Waals surface area contributed by atoms with E-state index in [2.05, 4.69) is 5.32 Å². The standard InChI is InChI=1S/C13H16N4O6/c1-3-15-13(20)16-11(18)7(2)23-12(19)9-5-4-8(17(21)22)6-10(9)14/h4-7H,3,14H2,1-2H3,(H2,15,16,18,20)/t7-/m0/s1. The van der Waals surface area contributed by atoms with Crippen molar-refractivity contribution < 1.29 is 24.0 Å². The Bertz CT molecular complexity index is 645. The Kier molecular flexibility index (Phi) is 6.01. The normalized spacial score (nSPS) is 11.2. The molecule has 124 valence electrons. The van der Waals surface area contributed by atoms with Gasteiger partial charge in [-0.2, -0.15) is 0 Å². The Balaban J connectivity index is 2.73. The molecular formula is C13H16N4O6. The number of non-ortho nitro benzene ring substituents is 1. The highest BCUT2D eigenvalue weighted by molar-refractivity contribution is 6.00. The molecule has 4 N–H and O–H groups in total. The number of nitrogens with two attached hydrogens (primary N) is 1. The molecule has 0 bridgehead atoms. The van der Waals surface area contributed by atoms with E-state index in [-0.39, 0.29) is 16.9 Å². The third kappa shape index (κ3) is 4.95. The van der Waals surface area contributed by atoms with Crippen LogP contribution < -0.4 is 16.4 Å². The summed E-state index contributed by atoms with van der Waals surface area (Å²) >= 11 is 0. The van der Waals surface area contributed by atoms with E-state index in [1.54, 1.807) is 6.92 Å². The second-order valence-corrected chi connectivity index (χ2v) is 4.42. The number of hydrogen-bond donors (Lipinski definition) is 3. The average molecular weight is 324 g/mol. The van der Waals surface area contributed by atoms with Crippen molar-refractivity contribution in [3.63, 3.8) is 0 Å². The van der Waals surface area contributed by atoms with Gasteiger partial charge in [-0.25, -0.2) is 9.59 Å². The first-order valence-electron chi connectivity index (χ1n) is 6.59. The number of amides is 3. The number of ether oxygens (including phenoxy) is 1. The van der Waals surface area contributed by atoms with Crippen LogP contribution in [0.1, 0.15) is 24.2 Å². The van der Waals surface area contributed by atoms with Gasteiger partial charge in [0.2, 0.25) is 0 Å². The number of nitrogens with zero attached hydrogens (tertiary/aromatic N) is 1. The number of imide groups is 1. The van der Waals surface area contributed by atoms with E-state index in [0.717, 1.165) is 18.2 Å². The van der Waals surface area contributed by atoms with Crippen molar-refractivity contribution in [2.24, 2.45) is 0 Å². The Morgan fingerprint density at radius 1 is 1.39 bits per heavy atom. The number of benzene rings is 1. The topological polar surface area (TPSA) is 154 Å². The second-order valence-electron chi connectivity index (χ2n) is 4.42. The van der Waals surface area contributed by atoms with Gasteiger partial charge in [-0.15, -0.1) is 0 Å². The molecule has 3 amide bonds. The van der Waals surface area contributed by atoms with Crippen molar-refractivity contribution in [2.75, 3.05) is 12.3 Å². The SMILES string of the molecule is CCNC(=O)NC(=O)[C@H](C)OC(=O)c1ccc([N+](=O)[O-])cc1N. The molecule has 0 aliphatic heterocycles. The van der Waals surface area contributed by atoms with Gasteiger partial charge in [0.15, 0.2) is 6.10 Å². The van der Waals surface area contributed by atoms with Crippen LogP contribution in [-0.4, -0.2) is 35.5 Å². The quantitative estimate of drug-likeness (QED) is 0.309. The molecule has 0 unspecified atom stereocenters. The minimum atomic E-state index is -1.25. The summed E-state index contributed by atoms with van der Waals surface area (Å²) in [5.41, 5.74) is 5.02. The van der Waals surface area contributed by atoms with Gasteiger partial charge in [-0.1, -0.05) is 0 Å². The first kappa shape index (κ1) is 17.9. The van der Waals surface area contributed by atoms with E-state index in [9.17, 15) is 24.5 Å². The summed E-state index contributed by atoms with van der Waals surface area (Å²) in [4.78, 5) is 44.7. The van der Waals surface area contributed by atoms with Crippen LogP contribution >= 0.6 is 0 Å². The zero-order valence-electron chi connectivity index (χ0n) is 12.5. The number of rotatable bonds is 5. The zero-order valence-corrected chi connectivity index (χ0v) is 12.5. The number of nitro benzene ring substituents is 1. The molecule has 0 radical (unpaired) electrons. The molecule has 0 aliphatic carbocycles. The predicted molar refractivity (Wildman–Crippen MR) is 79.6 cm³/mol. The lowest BCUT2D eigenvalue weighted by molar-refractivity contribution is -0.384. The first-order valence-corrected chi connectivity index (χ1v) is 6.59. The van der Waals surface area contributed by atoms with E-state index in [4.69, 9.17) is 10.5 Å². The van der Waals surface area contributed by atoms with Gasteiger partial charge >= 0.3 is 12.0 Å². The Morgan fingerprint density at radius 2 is 2.04 bits per heavy atom. The van der Waals surface area contributed by atoms with Crippen LogP contribution in [0.4, 0.5) is 16.2 Å². The van der Waals surface area contributed by atoms with Gasteiger partial charge in [0.25, 0.3) is 11.6 Å². The lowest BCUT2D eigenvalue weighted by atomic mass is 10.1. The molecule has 0 saturated carbocycles. The van der Waals surface area contributed by atoms with Crippen molar-refractivity contribution in [3.05, 3.63) is 33.9 Å². The van der Waals surface area contributed by atoms with Crippen LogP contribution in [0.3, 0.4) is 0 Å². The van der Waals surface area contributed by atoms with Crippen LogP contribution in [0.5, 0.6) is 0 Å². The van der Waals surface area contributed by atoms with Crippen molar-refractivity contribution in [2.45, 2.75) is 20.0 Å². The molecule has 1 atom stereocenters. The molecule has 1 aromatic carbocycles. The summed E-state index contributed by atoms with van der Waals surface area (Å²) in [6, 6.07) is 2.52. The van der Waals surface area contributed by atoms with E-state index in [1.165, 1.54) is 6.92 Å². The average Bonchev–Trinajstić information content (AvgIpc) is 2.46. The van der Waals surface area contributed by atoms with Gasteiger partial charge < -0.3 is 15.8 Å². The van der Waals surface area contributed by atoms with E-state index in [0.29, 0.717) is 6.54 Å². The van der Waals surface area contributed by atoms with Crippen LogP contribution in [0, 0.1) is 10.1 Å². The number of hydrogen-bond acceptors (Lipinski definition) is 7. The van der Waals surface area contributed by atoms with Gasteiger partial charge in [0.05, 0.1) is 16.2 Å². The monoisotopic (exact) mass is 324 g/mol. The molecule has 0 aliphatic rings. The van der Waals surface area contributed by atoms with E-state index in [1.807, 2.05) is 5.32 Å². The fourth-order valence-corrected chi connectivity index (χ4v) is 1.55. The van der Waals surface area contributed by atoms with Crippen molar-refractivity contribution in [3.8, 4) is 0 Å². The molecule has 0 aromatic heterocycles. The highest BCUT2D eigenvalue weighted by Crippen LogP contribution is 2.20. The molecule has 1 aromatic rings. The van der Waals surface area contributed by atoms with Crippen LogP contribution in [0.25, 0.3) is 0 Å². The summed E-state index contributed by atoms with van der Waals surface area (Å²) < 4.78 is 4.88. The fraction of sp³-hybridized carbons (Fsp3) is 0.308. The van der Waals surface area contributed by atoms with Crippen molar-refractivity contribution in [1.29, 1.82) is 0 Å². The number of carbonyl (C=O) groups is 3. The molecular weight excluding hydrogens is 308 g/mol. The molecule has 10 nitrogen and oxygen atoms in total. The summed E-state index contributed by atoms with van der Waals surface area (Å²) in [6.07, 6.45) is -1.25. The van der Waals surface area contributed by atoms with E-state index >= 15 is 0 Å². The molecule has 1 rings (SSSR count). The number of anilines is 1. The number of urea groups is 1. The van der Waals surface area contributed by atoms with E-state index < -0.39 is 28.9 Å². The summed E-state index contributed by atoms with van der Waals surface area (Å²) in [7, 11) is 0. The molecule has 23 heavy (non-hydrogen) atoms. The molecule has 0 saturated heterocycles. The third-order valence-electron chi connectivity index (χ3n) is 2.69. The highest BCUT2D eigenvalue weighted by Gasteiger charge is 2.22. The van der Waals surface area contributed by atoms with Gasteiger partial charge in [-0.3, -0.25) is 20.2 Å². The smallest absolute Gasteiger partial charge is 0.341 e.